The Morgan fingerprint density at radius 2 is 0.803 bits per heavy atom. The van der Waals surface area contributed by atoms with Gasteiger partial charge in [0.05, 0.1) is 0 Å². The third kappa shape index (κ3) is 6.12. The minimum atomic E-state index is 0.584. The van der Waals surface area contributed by atoms with Gasteiger partial charge in [-0.15, -0.1) is 0 Å². The first-order valence-corrected chi connectivity index (χ1v) is 20.6. The van der Waals surface area contributed by atoms with Crippen LogP contribution >= 0.6 is 0 Å². The van der Waals surface area contributed by atoms with Crippen molar-refractivity contribution in [1.82, 2.24) is 15.0 Å². The van der Waals surface area contributed by atoms with Gasteiger partial charge in [0.25, 0.3) is 0 Å². The van der Waals surface area contributed by atoms with E-state index in [4.69, 9.17) is 19.4 Å². The summed E-state index contributed by atoms with van der Waals surface area (Å²) in [5.41, 5.74) is 11.1. The fraction of sp³-hybridized carbons (Fsp3) is 0. The van der Waals surface area contributed by atoms with E-state index in [1.54, 1.807) is 0 Å². The molecular formula is C57H35N3O. The van der Waals surface area contributed by atoms with Gasteiger partial charge in [-0.05, 0) is 109 Å². The van der Waals surface area contributed by atoms with Crippen LogP contribution in [0, 0.1) is 0 Å². The molecule has 284 valence electrons. The highest BCUT2D eigenvalue weighted by molar-refractivity contribution is 6.16. The van der Waals surface area contributed by atoms with Gasteiger partial charge in [0.1, 0.15) is 11.2 Å². The molecule has 0 spiro atoms. The highest BCUT2D eigenvalue weighted by Gasteiger charge is 2.22. The number of nitrogens with zero attached hydrogens (tertiary/aromatic N) is 3. The van der Waals surface area contributed by atoms with Gasteiger partial charge in [0, 0.05) is 33.0 Å². The fourth-order valence-corrected chi connectivity index (χ4v) is 8.85. The zero-order chi connectivity index (χ0) is 40.3. The molecule has 4 heteroatoms. The van der Waals surface area contributed by atoms with E-state index in [2.05, 4.69) is 200 Å². The molecule has 0 aliphatic heterocycles. The highest BCUT2D eigenvalue weighted by atomic mass is 16.3. The van der Waals surface area contributed by atoms with E-state index in [1.165, 1.54) is 22.1 Å². The first kappa shape index (κ1) is 34.8. The summed E-state index contributed by atoms with van der Waals surface area (Å²) in [6, 6.07) is 74.8. The van der Waals surface area contributed by atoms with Crippen molar-refractivity contribution in [2.45, 2.75) is 0 Å². The van der Waals surface area contributed by atoms with E-state index < -0.39 is 0 Å². The number of hydrogen-bond acceptors (Lipinski definition) is 4. The quantitative estimate of drug-likeness (QED) is 0.169. The molecule has 4 nitrogen and oxygen atoms in total. The minimum absolute atomic E-state index is 0.584. The van der Waals surface area contributed by atoms with Crippen LogP contribution in [0.3, 0.4) is 0 Å². The standard InChI is InChI=1S/C57H35N3O/c1-3-13-36(14-4-1)42-27-28-47-45(33-42)34-46(35-51(47)39-17-5-2-6-18-39)48-29-30-50(53-49-21-11-12-22-52(49)61-54(48)53)57-59-55(43-25-23-37-15-7-9-19-40(37)31-43)58-56(60-57)44-26-24-38-16-8-10-20-41(38)32-44/h1-35H. The molecule has 0 N–H and O–H groups in total. The normalized spacial score (nSPS) is 11.6. The number of rotatable bonds is 6. The molecule has 61 heavy (non-hydrogen) atoms. The molecule has 0 bridgehead atoms. The molecule has 0 saturated carbocycles. The van der Waals surface area contributed by atoms with Crippen LogP contribution in [0.4, 0.5) is 0 Å². The predicted molar refractivity (Wildman–Crippen MR) is 252 cm³/mol. The summed E-state index contributed by atoms with van der Waals surface area (Å²) in [5.74, 6) is 1.81. The molecule has 2 heterocycles. The van der Waals surface area contributed by atoms with Gasteiger partial charge >= 0.3 is 0 Å². The molecule has 0 atom stereocenters. The number of fused-ring (bicyclic) bond motifs is 6. The summed E-state index contributed by atoms with van der Waals surface area (Å²) in [4.78, 5) is 15.7. The second kappa shape index (κ2) is 14.3. The van der Waals surface area contributed by atoms with Crippen molar-refractivity contribution < 1.29 is 4.42 Å². The van der Waals surface area contributed by atoms with E-state index >= 15 is 0 Å². The smallest absolute Gasteiger partial charge is 0.164 e. The predicted octanol–water partition coefficient (Wildman–Crippen LogP) is 15.2. The molecule has 0 amide bonds. The topological polar surface area (TPSA) is 51.8 Å². The lowest BCUT2D eigenvalue weighted by Crippen LogP contribution is -2.00. The van der Waals surface area contributed by atoms with Gasteiger partial charge in [0.2, 0.25) is 0 Å². The molecule has 0 unspecified atom stereocenters. The molecule has 0 aliphatic rings. The molecule has 12 rings (SSSR count). The number of hydrogen-bond donors (Lipinski definition) is 0. The second-order valence-electron chi connectivity index (χ2n) is 15.6. The van der Waals surface area contributed by atoms with E-state index in [-0.39, 0.29) is 0 Å². The molecular weight excluding hydrogens is 743 g/mol. The zero-order valence-electron chi connectivity index (χ0n) is 33.0. The summed E-state index contributed by atoms with van der Waals surface area (Å²) in [6.45, 7) is 0. The summed E-state index contributed by atoms with van der Waals surface area (Å²) < 4.78 is 6.91. The van der Waals surface area contributed by atoms with Crippen LogP contribution < -0.4 is 0 Å². The third-order valence-corrected chi connectivity index (χ3v) is 11.9. The van der Waals surface area contributed by atoms with Crippen molar-refractivity contribution in [3.8, 4) is 67.5 Å². The van der Waals surface area contributed by atoms with Gasteiger partial charge in [-0.25, -0.2) is 15.0 Å². The minimum Gasteiger partial charge on any atom is -0.455 e. The van der Waals surface area contributed by atoms with Crippen molar-refractivity contribution in [3.63, 3.8) is 0 Å². The molecule has 12 aromatic rings. The summed E-state index contributed by atoms with van der Waals surface area (Å²) >= 11 is 0. The lowest BCUT2D eigenvalue weighted by atomic mass is 9.90. The molecule has 0 fully saturated rings. The average molecular weight is 778 g/mol. The van der Waals surface area contributed by atoms with Crippen LogP contribution in [0.2, 0.25) is 0 Å². The van der Waals surface area contributed by atoms with Gasteiger partial charge in [-0.2, -0.15) is 0 Å². The van der Waals surface area contributed by atoms with Crippen molar-refractivity contribution in [2.75, 3.05) is 0 Å². The van der Waals surface area contributed by atoms with E-state index in [1.807, 2.05) is 12.1 Å². The Labute approximate surface area is 352 Å². The van der Waals surface area contributed by atoms with Crippen LogP contribution in [0.1, 0.15) is 0 Å². The average Bonchev–Trinajstić information content (AvgIpc) is 3.73. The Morgan fingerprint density at radius 3 is 1.49 bits per heavy atom. The SMILES string of the molecule is c1ccc(-c2ccc3c(-c4ccccc4)cc(-c4ccc(-c5nc(-c6ccc7ccccc7c6)nc(-c6ccc7ccccc7c6)n5)c5c4oc4ccccc45)cc3c2)cc1. The highest BCUT2D eigenvalue weighted by Crippen LogP contribution is 2.44. The molecule has 10 aromatic carbocycles. The monoisotopic (exact) mass is 777 g/mol. The molecule has 0 radical (unpaired) electrons. The summed E-state index contributed by atoms with van der Waals surface area (Å²) in [7, 11) is 0. The van der Waals surface area contributed by atoms with Crippen molar-refractivity contribution in [2.24, 2.45) is 0 Å². The van der Waals surface area contributed by atoms with Crippen molar-refractivity contribution in [3.05, 3.63) is 212 Å². The Balaban J connectivity index is 1.10. The van der Waals surface area contributed by atoms with Crippen molar-refractivity contribution >= 4 is 54.3 Å². The first-order valence-electron chi connectivity index (χ1n) is 20.6. The lowest BCUT2D eigenvalue weighted by molar-refractivity contribution is 0.670. The van der Waals surface area contributed by atoms with E-state index in [0.29, 0.717) is 17.5 Å². The van der Waals surface area contributed by atoms with Crippen LogP contribution in [-0.4, -0.2) is 15.0 Å². The maximum absolute atomic E-state index is 6.91. The lowest BCUT2D eigenvalue weighted by Gasteiger charge is -2.14. The van der Waals surface area contributed by atoms with Crippen LogP contribution in [0.15, 0.2) is 217 Å². The molecule has 2 aromatic heterocycles. The van der Waals surface area contributed by atoms with E-state index in [9.17, 15) is 0 Å². The molecule has 0 aliphatic carbocycles. The van der Waals surface area contributed by atoms with Gasteiger partial charge in [0.15, 0.2) is 17.5 Å². The molecule has 0 saturated heterocycles. The van der Waals surface area contributed by atoms with E-state index in [0.717, 1.165) is 82.3 Å². The Hall–Kier alpha value is -8.21. The second-order valence-corrected chi connectivity index (χ2v) is 15.6. The Bertz CT molecular complexity index is 3550. The zero-order valence-corrected chi connectivity index (χ0v) is 33.0. The first-order chi connectivity index (χ1) is 30.2. The number of benzene rings is 10. The number of furan rings is 1. The van der Waals surface area contributed by atoms with Crippen LogP contribution in [0.25, 0.3) is 122 Å². The largest absolute Gasteiger partial charge is 0.455 e. The third-order valence-electron chi connectivity index (χ3n) is 11.9. The Kier molecular flexibility index (Phi) is 8.13. The Morgan fingerprint density at radius 1 is 0.279 bits per heavy atom. The summed E-state index contributed by atoms with van der Waals surface area (Å²) in [5, 5.41) is 8.90. The number of aromatic nitrogens is 3. The van der Waals surface area contributed by atoms with Gasteiger partial charge in [-0.3, -0.25) is 0 Å². The van der Waals surface area contributed by atoms with Crippen LogP contribution in [0.5, 0.6) is 0 Å². The van der Waals surface area contributed by atoms with Crippen molar-refractivity contribution in [1.29, 1.82) is 0 Å². The van der Waals surface area contributed by atoms with Gasteiger partial charge < -0.3 is 4.42 Å². The van der Waals surface area contributed by atoms with Crippen LogP contribution in [-0.2, 0) is 0 Å². The maximum atomic E-state index is 6.91. The fourth-order valence-electron chi connectivity index (χ4n) is 8.85. The maximum Gasteiger partial charge on any atom is 0.164 e. The van der Waals surface area contributed by atoms with Gasteiger partial charge in [-0.1, -0.05) is 164 Å². The summed E-state index contributed by atoms with van der Waals surface area (Å²) in [6.07, 6.45) is 0. The number of para-hydroxylation sites is 1.